The predicted octanol–water partition coefficient (Wildman–Crippen LogP) is -3.86. The van der Waals surface area contributed by atoms with Crippen molar-refractivity contribution in [2.75, 3.05) is 66.1 Å². The van der Waals surface area contributed by atoms with Crippen LogP contribution >= 0.6 is 0 Å². The van der Waals surface area contributed by atoms with Gasteiger partial charge in [-0.25, -0.2) is 0 Å². The molecule has 35 unspecified atom stereocenters. The van der Waals surface area contributed by atoms with Crippen LogP contribution in [0, 0.1) is 110 Å². The zero-order chi connectivity index (χ0) is 103. The summed E-state index contributed by atoms with van der Waals surface area (Å²) < 4.78 is 92.4. The van der Waals surface area contributed by atoms with Gasteiger partial charge in [-0.3, -0.25) is 0 Å². The molecule has 42 nitrogen and oxygen atoms in total. The summed E-state index contributed by atoms with van der Waals surface area (Å²) in [6.45, 7) is 10.2. The van der Waals surface area contributed by atoms with Crippen LogP contribution in [-0.2, 0) is 71.1 Å². The van der Waals surface area contributed by atoms with Crippen LogP contribution < -0.4 is 0 Å². The smallest absolute Gasteiger partial charge is 0.187 e. The van der Waals surface area contributed by atoms with Gasteiger partial charge in [-0.1, -0.05) is 74.1 Å². The van der Waals surface area contributed by atoms with E-state index in [2.05, 4.69) is 41.5 Å². The highest BCUT2D eigenvalue weighted by Gasteiger charge is 2.66. The van der Waals surface area contributed by atoms with Crippen LogP contribution in [0.1, 0.15) is 209 Å². The number of aliphatic hydroxyl groups excluding tert-OH is 27. The molecule has 0 aromatic heterocycles. The Labute approximate surface area is 835 Å². The molecule has 828 valence electrons. The van der Waals surface area contributed by atoms with Crippen LogP contribution in [0.3, 0.4) is 0 Å². The van der Waals surface area contributed by atoms with Gasteiger partial charge in [-0.15, -0.1) is 0 Å². The van der Waals surface area contributed by atoms with Gasteiger partial charge in [0.2, 0.25) is 0 Å². The average molecular weight is 2060 g/mol. The van der Waals surface area contributed by atoms with Gasteiger partial charge < -0.3 is 209 Å². The maximum Gasteiger partial charge on any atom is 0.187 e. The second kappa shape index (κ2) is 47.2. The Kier molecular flexibility index (Phi) is 37.6. The fourth-order valence-corrected chi connectivity index (χ4v) is 31.4. The van der Waals surface area contributed by atoms with Crippen molar-refractivity contribution in [3.05, 3.63) is 0 Å². The van der Waals surface area contributed by atoms with Crippen molar-refractivity contribution in [2.24, 2.45) is 110 Å². The number of hydrogen-bond acceptors (Lipinski definition) is 42. The van der Waals surface area contributed by atoms with Crippen molar-refractivity contribution < 1.29 is 209 Å². The Balaban J connectivity index is 0.611. The lowest BCUT2D eigenvalue weighted by Crippen LogP contribution is -2.65. The number of rotatable bonds is 36. The monoisotopic (exact) mass is 2060 g/mol. The molecule has 0 spiro atoms. The Morgan fingerprint density at radius 1 is 0.287 bits per heavy atom. The van der Waals surface area contributed by atoms with Crippen molar-refractivity contribution in [1.82, 2.24) is 0 Å². The highest BCUT2D eigenvalue weighted by molar-refractivity contribution is 5.14. The lowest BCUT2D eigenvalue weighted by molar-refractivity contribution is -0.365. The van der Waals surface area contributed by atoms with Gasteiger partial charge in [-0.2, -0.15) is 0 Å². The molecule has 0 bridgehead atoms. The maximum atomic E-state index is 12.3. The van der Waals surface area contributed by atoms with Gasteiger partial charge in [0, 0.05) is 23.9 Å². The molecule has 7 heterocycles. The Hall–Kier alpha value is -1.68. The molecule has 16 aliphatic rings. The molecule has 0 aromatic rings. The minimum atomic E-state index is -1.94. The Morgan fingerprint density at radius 3 is 0.937 bits per heavy atom. The van der Waals surface area contributed by atoms with E-state index in [0.717, 1.165) is 116 Å². The summed E-state index contributed by atoms with van der Waals surface area (Å²) in [7, 11) is 0. The molecule has 143 heavy (non-hydrogen) atoms. The topological polar surface area (TPSA) is 685 Å². The summed E-state index contributed by atoms with van der Waals surface area (Å²) in [4.78, 5) is 0. The normalized spacial score (nSPS) is 53.2. The van der Waals surface area contributed by atoms with Crippen LogP contribution in [0.5, 0.6) is 0 Å². The fraction of sp³-hybridized carbons (Fsp3) is 1.00. The third-order valence-corrected chi connectivity index (χ3v) is 40.0. The van der Waals surface area contributed by atoms with Crippen molar-refractivity contribution in [1.29, 1.82) is 0 Å². The first-order chi connectivity index (χ1) is 68.0. The van der Waals surface area contributed by atoms with E-state index < -0.39 is 297 Å². The molecule has 0 amide bonds. The molecule has 16 fully saturated rings. The minimum absolute atomic E-state index is 0.00192. The second-order valence-electron chi connectivity index (χ2n) is 47.6. The maximum absolute atomic E-state index is 12.3. The molecular weight excluding hydrogens is 1890 g/mol. The zero-order valence-corrected chi connectivity index (χ0v) is 83.6. The van der Waals surface area contributed by atoms with Crippen LogP contribution in [0.15, 0.2) is 0 Å². The van der Waals surface area contributed by atoms with Gasteiger partial charge in [0.05, 0.1) is 90.0 Å². The standard InChI is InChI=1S/C101H172O42/c1-43(53-16-18-55-51-14-12-47-31-49(20-26-97(47,4)57(51)22-28-99(53,55)6)131-59-30-46(33-102)86(67(110)45(59)3)140-93-79(122)72(115)68(111)60(34-103)133-93)10-8-24-101(41-129-90-83(126)76(119)87(64(38-107)137-90)141-94-80(123)73(116)69(112)61(35-104)134-94,42-130-91-84(127)77(120)88(65(39-108)138-91)142-95-81(124)74(117)70(113)62(36-105)135-95)25-9-11-44(2)54-17-19-56-52-15-13-48-32-50(21-27-98(48,5)58(52)23-29-100(54,56)7)132-92-85(128)78(121)89(66(40-109)139-92)143-96-82(125)75(118)71(114)63(37-106)136-96/h43-96,102-128H,8-42H2,1-7H3/t43?,44?,45?,46?,47?,48?,49?,50?,51?,52?,53?,54?,55?,56?,57?,58?,59-,60?,61?,62?,63?,64?,65?,66?,67-,68-,69-,70+,71+,72+,73+,74?,75?,76-,77?,78?,79?,80?,81-,82-,83?,84-,85-,86-,87-,88+,89+,90-,91+,92+,93-,94-,95+,96+,97?,98?,99?,100?,101?/m1/s1. The van der Waals surface area contributed by atoms with Crippen molar-refractivity contribution in [2.45, 2.75) is 454 Å². The zero-order valence-electron chi connectivity index (χ0n) is 83.6. The highest BCUT2D eigenvalue weighted by Crippen LogP contribution is 2.71. The van der Waals surface area contributed by atoms with E-state index >= 15 is 0 Å². The summed E-state index contributed by atoms with van der Waals surface area (Å²) in [6.07, 6.45) is -40.8. The van der Waals surface area contributed by atoms with E-state index in [0.29, 0.717) is 98.2 Å². The highest BCUT2D eigenvalue weighted by atomic mass is 16.8. The average Bonchev–Trinajstić information content (AvgIpc) is 1.45. The molecular formula is C101H172O42. The Bertz CT molecular complexity index is 3700. The third-order valence-electron chi connectivity index (χ3n) is 40.0. The number of aliphatic hydroxyl groups is 27. The molecule has 7 saturated heterocycles. The van der Waals surface area contributed by atoms with Gasteiger partial charge in [-0.05, 0) is 228 Å². The van der Waals surface area contributed by atoms with E-state index in [1.54, 1.807) is 0 Å². The summed E-state index contributed by atoms with van der Waals surface area (Å²) in [5, 5.41) is 295. The van der Waals surface area contributed by atoms with Crippen LogP contribution in [0.25, 0.3) is 0 Å². The molecule has 27 N–H and O–H groups in total. The molecule has 16 rings (SSSR count). The largest absolute Gasteiger partial charge is 0.396 e. The molecule has 9 aliphatic carbocycles. The third kappa shape index (κ3) is 22.1. The summed E-state index contributed by atoms with van der Waals surface area (Å²) >= 11 is 0. The number of fused-ring (bicyclic) bond motifs is 10. The van der Waals surface area contributed by atoms with Gasteiger partial charge in [0.15, 0.2) is 44.0 Å². The van der Waals surface area contributed by atoms with Crippen molar-refractivity contribution in [3.8, 4) is 0 Å². The summed E-state index contributed by atoms with van der Waals surface area (Å²) in [5.41, 5.74) is -1.17. The molecule has 59 atom stereocenters. The van der Waals surface area contributed by atoms with Gasteiger partial charge in [0.25, 0.3) is 0 Å². The van der Waals surface area contributed by atoms with E-state index in [1.807, 2.05) is 6.92 Å². The van der Waals surface area contributed by atoms with E-state index in [4.69, 9.17) is 71.1 Å². The van der Waals surface area contributed by atoms with Crippen LogP contribution in [-0.4, -0.2) is 449 Å². The molecule has 42 heteroatoms. The van der Waals surface area contributed by atoms with Gasteiger partial charge in [0.1, 0.15) is 171 Å². The lowest BCUT2D eigenvalue weighted by Gasteiger charge is -2.61. The fourth-order valence-electron chi connectivity index (χ4n) is 31.4. The Morgan fingerprint density at radius 2 is 0.587 bits per heavy atom. The van der Waals surface area contributed by atoms with E-state index in [9.17, 15) is 138 Å². The molecule has 0 aromatic carbocycles. The van der Waals surface area contributed by atoms with Crippen molar-refractivity contribution in [3.63, 3.8) is 0 Å². The van der Waals surface area contributed by atoms with E-state index in [1.165, 1.54) is 0 Å². The van der Waals surface area contributed by atoms with Crippen LogP contribution in [0.4, 0.5) is 0 Å². The summed E-state index contributed by atoms with van der Waals surface area (Å²) in [6, 6.07) is 0. The van der Waals surface area contributed by atoms with Crippen LogP contribution in [0.2, 0.25) is 0 Å². The summed E-state index contributed by atoms with van der Waals surface area (Å²) in [5.74, 6) is 3.28. The first-order valence-electron chi connectivity index (χ1n) is 53.6. The SMILES string of the molecule is CC(CCCC(CCCC(C)C1CCC2C3CCC4CC(O[C@@H]5CC(CO)[C@@H](O[C@H]6OC(CO)[C@@H](O)[C@H](O)C6O)[C@H](O)C5C)CCC4(C)C3CCC12C)(CO[C@@H]1OC(CO)[C@@H](O[C@H]2OC(CO)[C@@H](O)[C@H](O)C2O)[C@H](O)C1O)CO[C@H]1OC(CO)[C@H](O[C@@H]2OC(CO)[C@H](O)C(O)[C@H]2O)C(O)[C@H]1O)C1CCC2C3CCC4CC(O[C@H]5OC(CO)[C@H](O[C@@H]6OC(CO)[C@H](O)C(O)[C@H]6O)C(O)[C@H]5O)CCC4(C)C3CCC12C. The molecule has 0 radical (unpaired) electrons. The first kappa shape index (κ1) is 114. The second-order valence-corrected chi connectivity index (χ2v) is 47.6. The molecule has 7 aliphatic heterocycles. The first-order valence-corrected chi connectivity index (χ1v) is 53.6. The predicted molar refractivity (Wildman–Crippen MR) is 493 cm³/mol. The lowest BCUT2D eigenvalue weighted by atomic mass is 9.44. The number of ether oxygens (including phenoxy) is 15. The van der Waals surface area contributed by atoms with E-state index in [-0.39, 0.29) is 71.4 Å². The number of hydrogen-bond donors (Lipinski definition) is 27. The van der Waals surface area contributed by atoms with Crippen molar-refractivity contribution >= 4 is 0 Å². The quantitative estimate of drug-likeness (QED) is 0.0267. The van der Waals surface area contributed by atoms with Gasteiger partial charge >= 0.3 is 0 Å². The molecule has 9 saturated carbocycles. The minimum Gasteiger partial charge on any atom is -0.396 e.